The van der Waals surface area contributed by atoms with Crippen molar-refractivity contribution in [3.63, 3.8) is 0 Å². The van der Waals surface area contributed by atoms with Gasteiger partial charge in [0.05, 0.1) is 11.4 Å². The molecule has 3 aromatic rings. The highest BCUT2D eigenvalue weighted by Crippen LogP contribution is 2.37. The van der Waals surface area contributed by atoms with E-state index in [4.69, 9.17) is 0 Å². The number of phenolic OH excluding ortho intramolecular Hbond substituents is 1. The summed E-state index contributed by atoms with van der Waals surface area (Å²) in [7, 11) is 3.94. The zero-order chi connectivity index (χ0) is 17.6. The van der Waals surface area contributed by atoms with Crippen LogP contribution in [0.1, 0.15) is 5.56 Å². The monoisotopic (exact) mass is 331 g/mol. The van der Waals surface area contributed by atoms with E-state index in [-0.39, 0.29) is 0 Å². The Labute approximate surface area is 148 Å². The number of benzene rings is 3. The van der Waals surface area contributed by atoms with E-state index in [9.17, 15) is 5.11 Å². The standard InChI is InChI=1S/C21H21N3O/c1-24(2)15-17-13-19(23-22-18-11-7-4-8-12-18)14-20(21(17)25)16-9-5-3-6-10-16/h3-14,25H,15H2,1-2H3. The highest BCUT2D eigenvalue weighted by atomic mass is 16.3. The van der Waals surface area contributed by atoms with Gasteiger partial charge >= 0.3 is 0 Å². The molecule has 0 fully saturated rings. The Balaban J connectivity index is 2.04. The molecule has 0 aliphatic heterocycles. The second-order valence-electron chi connectivity index (χ2n) is 6.14. The Hall–Kier alpha value is -2.98. The predicted octanol–water partition coefficient (Wildman–Crippen LogP) is 5.54. The summed E-state index contributed by atoms with van der Waals surface area (Å²) in [5.74, 6) is 0.290. The molecule has 0 bridgehead atoms. The maximum atomic E-state index is 10.7. The van der Waals surface area contributed by atoms with Gasteiger partial charge in [0.25, 0.3) is 0 Å². The van der Waals surface area contributed by atoms with E-state index < -0.39 is 0 Å². The number of phenols is 1. The van der Waals surface area contributed by atoms with E-state index in [1.54, 1.807) is 0 Å². The molecular weight excluding hydrogens is 310 g/mol. The molecule has 126 valence electrons. The Morgan fingerprint density at radius 2 is 1.40 bits per heavy atom. The van der Waals surface area contributed by atoms with Gasteiger partial charge < -0.3 is 10.0 Å². The minimum atomic E-state index is 0.290. The van der Waals surface area contributed by atoms with E-state index >= 15 is 0 Å². The largest absolute Gasteiger partial charge is 0.507 e. The third kappa shape index (κ3) is 4.31. The Morgan fingerprint density at radius 1 is 0.800 bits per heavy atom. The van der Waals surface area contributed by atoms with Gasteiger partial charge in [-0.3, -0.25) is 0 Å². The minimum Gasteiger partial charge on any atom is -0.507 e. The summed E-state index contributed by atoms with van der Waals surface area (Å²) < 4.78 is 0. The van der Waals surface area contributed by atoms with Crippen molar-refractivity contribution < 1.29 is 5.11 Å². The van der Waals surface area contributed by atoms with Crippen molar-refractivity contribution in [3.05, 3.63) is 78.4 Å². The summed E-state index contributed by atoms with van der Waals surface area (Å²) in [6.45, 7) is 0.625. The lowest BCUT2D eigenvalue weighted by Gasteiger charge is -2.15. The van der Waals surface area contributed by atoms with Crippen LogP contribution in [-0.4, -0.2) is 24.1 Å². The maximum absolute atomic E-state index is 10.7. The van der Waals surface area contributed by atoms with Gasteiger partial charge in [0.15, 0.2) is 0 Å². The van der Waals surface area contributed by atoms with Gasteiger partial charge in [-0.2, -0.15) is 10.2 Å². The Morgan fingerprint density at radius 3 is 2.04 bits per heavy atom. The lowest BCUT2D eigenvalue weighted by molar-refractivity contribution is 0.386. The molecule has 0 unspecified atom stereocenters. The summed E-state index contributed by atoms with van der Waals surface area (Å²) in [5, 5.41) is 19.4. The normalized spacial score (nSPS) is 11.3. The quantitative estimate of drug-likeness (QED) is 0.624. The van der Waals surface area contributed by atoms with Crippen molar-refractivity contribution in [1.82, 2.24) is 4.90 Å². The molecule has 4 heteroatoms. The van der Waals surface area contributed by atoms with E-state index in [2.05, 4.69) is 10.2 Å². The third-order valence-corrected chi connectivity index (χ3v) is 3.78. The topological polar surface area (TPSA) is 48.2 Å². The van der Waals surface area contributed by atoms with Crippen LogP contribution < -0.4 is 0 Å². The smallest absolute Gasteiger partial charge is 0.128 e. The van der Waals surface area contributed by atoms with Crippen LogP contribution in [0.2, 0.25) is 0 Å². The van der Waals surface area contributed by atoms with Crippen LogP contribution in [0.4, 0.5) is 11.4 Å². The lowest BCUT2D eigenvalue weighted by Crippen LogP contribution is -2.10. The van der Waals surface area contributed by atoms with Gasteiger partial charge in [-0.15, -0.1) is 0 Å². The van der Waals surface area contributed by atoms with Gasteiger partial charge in [-0.25, -0.2) is 0 Å². The fraction of sp³-hybridized carbons (Fsp3) is 0.143. The molecule has 0 saturated heterocycles. The van der Waals surface area contributed by atoms with Gasteiger partial charge in [-0.1, -0.05) is 48.5 Å². The molecular formula is C21H21N3O. The fourth-order valence-electron chi connectivity index (χ4n) is 2.64. The summed E-state index contributed by atoms with van der Waals surface area (Å²) in [6.07, 6.45) is 0. The van der Waals surface area contributed by atoms with Gasteiger partial charge in [-0.05, 0) is 43.9 Å². The number of azo groups is 1. The van der Waals surface area contributed by atoms with Crippen LogP contribution >= 0.6 is 0 Å². The zero-order valence-corrected chi connectivity index (χ0v) is 14.4. The number of nitrogens with zero attached hydrogens (tertiary/aromatic N) is 3. The molecule has 4 nitrogen and oxygen atoms in total. The zero-order valence-electron chi connectivity index (χ0n) is 14.4. The van der Waals surface area contributed by atoms with Crippen LogP contribution in [0, 0.1) is 0 Å². The lowest BCUT2D eigenvalue weighted by atomic mass is 10.00. The molecule has 0 aliphatic rings. The molecule has 0 saturated carbocycles. The van der Waals surface area contributed by atoms with Crippen molar-refractivity contribution in [1.29, 1.82) is 0 Å². The summed E-state index contributed by atoms with van der Waals surface area (Å²) in [5.41, 5.74) is 4.07. The molecule has 0 radical (unpaired) electrons. The summed E-state index contributed by atoms with van der Waals surface area (Å²) in [6, 6.07) is 23.2. The van der Waals surface area contributed by atoms with E-state index in [1.807, 2.05) is 91.8 Å². The molecule has 0 heterocycles. The number of aromatic hydroxyl groups is 1. The van der Waals surface area contributed by atoms with Crippen molar-refractivity contribution in [2.75, 3.05) is 14.1 Å². The van der Waals surface area contributed by atoms with Gasteiger partial charge in [0.2, 0.25) is 0 Å². The Kier molecular flexibility index (Phi) is 5.21. The molecule has 0 spiro atoms. The van der Waals surface area contributed by atoms with Gasteiger partial charge in [0.1, 0.15) is 5.75 Å². The minimum absolute atomic E-state index is 0.290. The first-order chi connectivity index (χ1) is 12.1. The second-order valence-corrected chi connectivity index (χ2v) is 6.14. The van der Waals surface area contributed by atoms with Crippen molar-refractivity contribution >= 4 is 11.4 Å². The molecule has 3 aromatic carbocycles. The van der Waals surface area contributed by atoms with E-state index in [0.717, 1.165) is 28.1 Å². The van der Waals surface area contributed by atoms with Gasteiger partial charge in [0, 0.05) is 17.7 Å². The van der Waals surface area contributed by atoms with Crippen LogP contribution in [0.5, 0.6) is 5.75 Å². The average molecular weight is 331 g/mol. The predicted molar refractivity (Wildman–Crippen MR) is 102 cm³/mol. The molecule has 25 heavy (non-hydrogen) atoms. The van der Waals surface area contributed by atoms with Crippen molar-refractivity contribution in [2.24, 2.45) is 10.2 Å². The molecule has 0 aliphatic carbocycles. The second kappa shape index (κ2) is 7.73. The third-order valence-electron chi connectivity index (χ3n) is 3.78. The van der Waals surface area contributed by atoms with Crippen LogP contribution in [0.3, 0.4) is 0 Å². The highest BCUT2D eigenvalue weighted by Gasteiger charge is 2.12. The van der Waals surface area contributed by atoms with E-state index in [0.29, 0.717) is 12.3 Å². The molecule has 1 N–H and O–H groups in total. The highest BCUT2D eigenvalue weighted by molar-refractivity contribution is 5.75. The Bertz CT molecular complexity index is 859. The summed E-state index contributed by atoms with van der Waals surface area (Å²) >= 11 is 0. The first kappa shape index (κ1) is 16.9. The SMILES string of the molecule is CN(C)Cc1cc(N=Nc2ccccc2)cc(-c2ccccc2)c1O. The van der Waals surface area contributed by atoms with E-state index in [1.165, 1.54) is 0 Å². The van der Waals surface area contributed by atoms with Crippen LogP contribution in [0.25, 0.3) is 11.1 Å². The molecule has 0 amide bonds. The number of hydrogen-bond acceptors (Lipinski definition) is 4. The molecule has 0 aromatic heterocycles. The maximum Gasteiger partial charge on any atom is 0.128 e. The number of rotatable bonds is 5. The van der Waals surface area contributed by atoms with Crippen LogP contribution in [0.15, 0.2) is 83.0 Å². The fourth-order valence-corrected chi connectivity index (χ4v) is 2.64. The molecule has 3 rings (SSSR count). The molecule has 0 atom stereocenters. The van der Waals surface area contributed by atoms with Crippen LogP contribution in [-0.2, 0) is 6.54 Å². The number of hydrogen-bond donors (Lipinski definition) is 1. The van der Waals surface area contributed by atoms with Crippen molar-refractivity contribution in [3.8, 4) is 16.9 Å². The first-order valence-electron chi connectivity index (χ1n) is 8.16. The summed E-state index contributed by atoms with van der Waals surface area (Å²) in [4.78, 5) is 2.02. The van der Waals surface area contributed by atoms with Crippen molar-refractivity contribution in [2.45, 2.75) is 6.54 Å². The average Bonchev–Trinajstić information content (AvgIpc) is 2.63. The first-order valence-corrected chi connectivity index (χ1v) is 8.16.